The molecule has 0 spiro atoms. The summed E-state index contributed by atoms with van der Waals surface area (Å²) in [5.41, 5.74) is 5.54. The van der Waals surface area contributed by atoms with E-state index in [-0.39, 0.29) is 12.6 Å². The summed E-state index contributed by atoms with van der Waals surface area (Å²) in [6.07, 6.45) is 2.91. The van der Waals surface area contributed by atoms with Gasteiger partial charge in [0.2, 0.25) is 0 Å². The maximum atomic E-state index is 9.04. The van der Waals surface area contributed by atoms with E-state index < -0.39 is 6.10 Å². The highest BCUT2D eigenvalue weighted by atomic mass is 16.3. The first kappa shape index (κ1) is 10.9. The lowest BCUT2D eigenvalue weighted by molar-refractivity contribution is 0.0711. The molecule has 0 aromatic rings. The van der Waals surface area contributed by atoms with Crippen molar-refractivity contribution < 1.29 is 10.2 Å². The fourth-order valence-electron chi connectivity index (χ4n) is 0.885. The van der Waals surface area contributed by atoms with Crippen LogP contribution in [0.15, 0.2) is 0 Å². The largest absolute Gasteiger partial charge is 0.394 e. The molecular formula is C8H18NO2. The standard InChI is InChI=1S/C8H18NO2/c1-2-3-4-5-7(9)8(11)6-10/h7-8,10-11H,1-6,9H2. The molecule has 0 rings (SSSR count). The molecule has 0 aromatic carbocycles. The van der Waals surface area contributed by atoms with Gasteiger partial charge in [-0.25, -0.2) is 0 Å². The third-order valence-corrected chi connectivity index (χ3v) is 1.72. The molecule has 4 N–H and O–H groups in total. The van der Waals surface area contributed by atoms with Crippen LogP contribution in [0.1, 0.15) is 25.7 Å². The van der Waals surface area contributed by atoms with E-state index >= 15 is 0 Å². The summed E-state index contributed by atoms with van der Waals surface area (Å²) in [4.78, 5) is 0. The predicted octanol–water partition coefficient (Wildman–Crippen LogP) is 0.0614. The average molecular weight is 160 g/mol. The molecule has 0 aromatic heterocycles. The van der Waals surface area contributed by atoms with E-state index in [9.17, 15) is 0 Å². The van der Waals surface area contributed by atoms with Crippen molar-refractivity contribution in [1.29, 1.82) is 0 Å². The molecular weight excluding hydrogens is 142 g/mol. The van der Waals surface area contributed by atoms with Crippen LogP contribution in [0.25, 0.3) is 0 Å². The number of hydrogen-bond donors (Lipinski definition) is 3. The molecule has 2 unspecified atom stereocenters. The summed E-state index contributed by atoms with van der Waals surface area (Å²) < 4.78 is 0. The van der Waals surface area contributed by atoms with Crippen LogP contribution in [-0.4, -0.2) is 29.0 Å². The molecule has 0 aliphatic rings. The topological polar surface area (TPSA) is 66.5 Å². The van der Waals surface area contributed by atoms with Gasteiger partial charge in [0, 0.05) is 6.04 Å². The summed E-state index contributed by atoms with van der Waals surface area (Å²) in [6, 6.07) is -0.286. The first-order valence-electron chi connectivity index (χ1n) is 4.06. The van der Waals surface area contributed by atoms with Crippen LogP contribution < -0.4 is 5.73 Å². The SMILES string of the molecule is [CH2]CCCCC(N)C(O)CO. The minimum atomic E-state index is -0.764. The van der Waals surface area contributed by atoms with Gasteiger partial charge in [0.25, 0.3) is 0 Å². The molecule has 67 valence electrons. The Morgan fingerprint density at radius 1 is 1.36 bits per heavy atom. The van der Waals surface area contributed by atoms with Crippen molar-refractivity contribution in [2.75, 3.05) is 6.61 Å². The normalized spacial score (nSPS) is 16.4. The fourth-order valence-corrected chi connectivity index (χ4v) is 0.885. The lowest BCUT2D eigenvalue weighted by atomic mass is 10.1. The van der Waals surface area contributed by atoms with Crippen LogP contribution in [-0.2, 0) is 0 Å². The molecule has 0 saturated carbocycles. The van der Waals surface area contributed by atoms with E-state index in [1.54, 1.807) is 0 Å². The van der Waals surface area contributed by atoms with E-state index in [2.05, 4.69) is 6.92 Å². The Morgan fingerprint density at radius 3 is 2.45 bits per heavy atom. The maximum Gasteiger partial charge on any atom is 0.0921 e. The summed E-state index contributed by atoms with van der Waals surface area (Å²) >= 11 is 0. The quantitative estimate of drug-likeness (QED) is 0.481. The number of nitrogens with two attached hydrogens (primary N) is 1. The second kappa shape index (κ2) is 6.58. The number of rotatable bonds is 6. The summed E-state index contributed by atoms with van der Waals surface area (Å²) in [6.45, 7) is 3.45. The average Bonchev–Trinajstić information content (AvgIpc) is 2.03. The molecule has 0 aliphatic carbocycles. The van der Waals surface area contributed by atoms with Crippen molar-refractivity contribution in [3.05, 3.63) is 6.92 Å². The van der Waals surface area contributed by atoms with Crippen molar-refractivity contribution in [2.45, 2.75) is 37.8 Å². The van der Waals surface area contributed by atoms with Crippen LogP contribution in [0, 0.1) is 6.92 Å². The summed E-state index contributed by atoms with van der Waals surface area (Å²) in [5, 5.41) is 17.6. The Hall–Kier alpha value is -0.120. The van der Waals surface area contributed by atoms with Crippen LogP contribution in [0.4, 0.5) is 0 Å². The zero-order valence-electron chi connectivity index (χ0n) is 6.87. The van der Waals surface area contributed by atoms with Crippen LogP contribution in [0.3, 0.4) is 0 Å². The highest BCUT2D eigenvalue weighted by Gasteiger charge is 2.11. The lowest BCUT2D eigenvalue weighted by Crippen LogP contribution is -2.36. The van der Waals surface area contributed by atoms with E-state index in [0.717, 1.165) is 25.7 Å². The molecule has 0 saturated heterocycles. The number of hydrogen-bond acceptors (Lipinski definition) is 3. The Bertz CT molecular complexity index is 88.2. The van der Waals surface area contributed by atoms with E-state index in [0.29, 0.717) is 0 Å². The van der Waals surface area contributed by atoms with Gasteiger partial charge in [-0.05, 0) is 6.42 Å². The Labute approximate surface area is 68.2 Å². The minimum absolute atomic E-state index is 0.245. The zero-order chi connectivity index (χ0) is 8.69. The molecule has 0 heterocycles. The van der Waals surface area contributed by atoms with Gasteiger partial charge in [0.05, 0.1) is 12.7 Å². The Kier molecular flexibility index (Phi) is 6.51. The third-order valence-electron chi connectivity index (χ3n) is 1.72. The van der Waals surface area contributed by atoms with Crippen molar-refractivity contribution in [1.82, 2.24) is 0 Å². The van der Waals surface area contributed by atoms with Crippen LogP contribution in [0.5, 0.6) is 0 Å². The van der Waals surface area contributed by atoms with Gasteiger partial charge >= 0.3 is 0 Å². The number of aliphatic hydroxyl groups is 2. The highest BCUT2D eigenvalue weighted by molar-refractivity contribution is 4.70. The van der Waals surface area contributed by atoms with Gasteiger partial charge in [0.1, 0.15) is 0 Å². The van der Waals surface area contributed by atoms with Crippen molar-refractivity contribution in [3.8, 4) is 0 Å². The van der Waals surface area contributed by atoms with E-state index in [4.69, 9.17) is 15.9 Å². The smallest absolute Gasteiger partial charge is 0.0921 e. The molecule has 0 bridgehead atoms. The van der Waals surface area contributed by atoms with Crippen molar-refractivity contribution in [3.63, 3.8) is 0 Å². The van der Waals surface area contributed by atoms with Gasteiger partial charge in [-0.3, -0.25) is 0 Å². The Balaban J connectivity index is 3.28. The van der Waals surface area contributed by atoms with Gasteiger partial charge < -0.3 is 15.9 Å². The lowest BCUT2D eigenvalue weighted by Gasteiger charge is -2.15. The highest BCUT2D eigenvalue weighted by Crippen LogP contribution is 2.04. The summed E-state index contributed by atoms with van der Waals surface area (Å²) in [5.74, 6) is 0. The molecule has 3 nitrogen and oxygen atoms in total. The van der Waals surface area contributed by atoms with Gasteiger partial charge in [0.15, 0.2) is 0 Å². The Morgan fingerprint density at radius 2 is 2.00 bits per heavy atom. The molecule has 0 aliphatic heterocycles. The van der Waals surface area contributed by atoms with Gasteiger partial charge in [-0.1, -0.05) is 26.2 Å². The fraction of sp³-hybridized carbons (Fsp3) is 0.875. The van der Waals surface area contributed by atoms with E-state index in [1.165, 1.54) is 0 Å². The molecule has 3 heteroatoms. The van der Waals surface area contributed by atoms with Crippen molar-refractivity contribution >= 4 is 0 Å². The second-order valence-electron chi connectivity index (χ2n) is 2.76. The van der Waals surface area contributed by atoms with Gasteiger partial charge in [-0.2, -0.15) is 0 Å². The molecule has 1 radical (unpaired) electrons. The minimum Gasteiger partial charge on any atom is -0.394 e. The predicted molar refractivity (Wildman–Crippen MR) is 44.9 cm³/mol. The number of unbranched alkanes of at least 4 members (excludes halogenated alkanes) is 2. The van der Waals surface area contributed by atoms with Crippen LogP contribution in [0.2, 0.25) is 0 Å². The molecule has 0 fully saturated rings. The zero-order valence-corrected chi connectivity index (χ0v) is 6.87. The third kappa shape index (κ3) is 5.18. The monoisotopic (exact) mass is 160 g/mol. The van der Waals surface area contributed by atoms with Gasteiger partial charge in [-0.15, -0.1) is 0 Å². The summed E-state index contributed by atoms with van der Waals surface area (Å²) in [7, 11) is 0. The maximum absolute atomic E-state index is 9.04. The molecule has 2 atom stereocenters. The van der Waals surface area contributed by atoms with E-state index in [1.807, 2.05) is 0 Å². The van der Waals surface area contributed by atoms with Crippen LogP contribution >= 0.6 is 0 Å². The molecule has 11 heavy (non-hydrogen) atoms. The number of aliphatic hydroxyl groups excluding tert-OH is 2. The first-order chi connectivity index (χ1) is 5.22. The van der Waals surface area contributed by atoms with Crippen molar-refractivity contribution in [2.24, 2.45) is 5.73 Å². The first-order valence-corrected chi connectivity index (χ1v) is 4.06. The second-order valence-corrected chi connectivity index (χ2v) is 2.76. The molecule has 0 amide bonds.